The van der Waals surface area contributed by atoms with Crippen molar-refractivity contribution in [2.24, 2.45) is 0 Å². The molecule has 0 aliphatic carbocycles. The van der Waals surface area contributed by atoms with E-state index in [1.165, 1.54) is 29.7 Å². The molecule has 2 aromatic rings. The lowest BCUT2D eigenvalue weighted by Gasteiger charge is -2.05. The molecule has 0 aromatic carbocycles. The molecule has 0 unspecified atom stereocenters. The van der Waals surface area contributed by atoms with Crippen molar-refractivity contribution in [1.29, 1.82) is 0 Å². The van der Waals surface area contributed by atoms with Crippen molar-refractivity contribution in [3.05, 3.63) is 45.9 Å². The number of aryl methyl sites for hydroxylation is 1. The molecule has 0 spiro atoms. The van der Waals surface area contributed by atoms with E-state index < -0.39 is 5.97 Å². The molecule has 0 aliphatic heterocycles. The lowest BCUT2D eigenvalue weighted by atomic mass is 10.2. The van der Waals surface area contributed by atoms with Crippen molar-refractivity contribution in [2.45, 2.75) is 13.3 Å². The average molecular weight is 276 g/mol. The van der Waals surface area contributed by atoms with Crippen LogP contribution in [0.4, 0.5) is 5.69 Å². The van der Waals surface area contributed by atoms with Gasteiger partial charge in [-0.25, -0.2) is 9.78 Å². The van der Waals surface area contributed by atoms with Gasteiger partial charge in [0.05, 0.1) is 16.8 Å². The second-order valence-electron chi connectivity index (χ2n) is 3.82. The van der Waals surface area contributed by atoms with E-state index in [2.05, 4.69) is 10.3 Å². The monoisotopic (exact) mass is 276 g/mol. The molecular weight excluding hydrogens is 264 g/mol. The Balaban J connectivity index is 2.13. The van der Waals surface area contributed by atoms with Crippen LogP contribution in [0.5, 0.6) is 0 Å². The number of aromatic nitrogens is 1. The van der Waals surface area contributed by atoms with E-state index in [1.54, 1.807) is 0 Å². The molecule has 2 rings (SSSR count). The van der Waals surface area contributed by atoms with Gasteiger partial charge in [0.2, 0.25) is 0 Å². The van der Waals surface area contributed by atoms with Crippen molar-refractivity contribution in [3.8, 4) is 0 Å². The molecule has 5 nitrogen and oxygen atoms in total. The SMILES string of the molecule is CCc1ccsc1C(=O)Nc1ccc(C(=O)O)nc1. The van der Waals surface area contributed by atoms with Crippen molar-refractivity contribution < 1.29 is 14.7 Å². The predicted octanol–water partition coefficient (Wildman–Crippen LogP) is 2.66. The minimum Gasteiger partial charge on any atom is -0.477 e. The van der Waals surface area contributed by atoms with Gasteiger partial charge in [-0.1, -0.05) is 6.92 Å². The van der Waals surface area contributed by atoms with Crippen molar-refractivity contribution >= 4 is 28.9 Å². The van der Waals surface area contributed by atoms with Crippen molar-refractivity contribution in [3.63, 3.8) is 0 Å². The predicted molar refractivity (Wildman–Crippen MR) is 72.8 cm³/mol. The molecule has 0 aliphatic rings. The zero-order valence-electron chi connectivity index (χ0n) is 10.2. The molecule has 0 bridgehead atoms. The Bertz CT molecular complexity index is 605. The fourth-order valence-electron chi connectivity index (χ4n) is 1.60. The van der Waals surface area contributed by atoms with Gasteiger partial charge < -0.3 is 10.4 Å². The van der Waals surface area contributed by atoms with Gasteiger partial charge >= 0.3 is 5.97 Å². The quantitative estimate of drug-likeness (QED) is 0.899. The summed E-state index contributed by atoms with van der Waals surface area (Å²) in [5.74, 6) is -1.29. The Labute approximate surface area is 113 Å². The third-order valence-corrected chi connectivity index (χ3v) is 3.53. The Hall–Kier alpha value is -2.21. The number of nitrogens with zero attached hydrogens (tertiary/aromatic N) is 1. The van der Waals surface area contributed by atoms with Crippen LogP contribution in [0.25, 0.3) is 0 Å². The molecule has 1 amide bonds. The number of anilines is 1. The lowest BCUT2D eigenvalue weighted by Crippen LogP contribution is -2.12. The summed E-state index contributed by atoms with van der Waals surface area (Å²) in [5, 5.41) is 13.3. The zero-order chi connectivity index (χ0) is 13.8. The first-order chi connectivity index (χ1) is 9.11. The first-order valence-corrected chi connectivity index (χ1v) is 6.57. The summed E-state index contributed by atoms with van der Waals surface area (Å²) in [7, 11) is 0. The first-order valence-electron chi connectivity index (χ1n) is 5.69. The largest absolute Gasteiger partial charge is 0.477 e. The van der Waals surface area contributed by atoms with E-state index in [-0.39, 0.29) is 11.6 Å². The summed E-state index contributed by atoms with van der Waals surface area (Å²) in [4.78, 5) is 27.1. The Morgan fingerprint density at radius 2 is 2.16 bits per heavy atom. The number of aromatic carboxylic acids is 1. The number of rotatable bonds is 4. The number of nitrogens with one attached hydrogen (secondary N) is 1. The van der Waals surface area contributed by atoms with E-state index >= 15 is 0 Å². The smallest absolute Gasteiger partial charge is 0.354 e. The third kappa shape index (κ3) is 2.97. The Morgan fingerprint density at radius 3 is 2.74 bits per heavy atom. The van der Waals surface area contributed by atoms with Gasteiger partial charge in [0.15, 0.2) is 0 Å². The van der Waals surface area contributed by atoms with Crippen LogP contribution in [0.1, 0.15) is 32.6 Å². The fourth-order valence-corrected chi connectivity index (χ4v) is 2.49. The molecule has 0 atom stereocenters. The maximum absolute atomic E-state index is 12.0. The molecule has 0 saturated heterocycles. The molecule has 98 valence electrons. The summed E-state index contributed by atoms with van der Waals surface area (Å²) < 4.78 is 0. The second kappa shape index (κ2) is 5.62. The van der Waals surface area contributed by atoms with E-state index in [4.69, 9.17) is 5.11 Å². The molecule has 0 saturated carbocycles. The maximum Gasteiger partial charge on any atom is 0.354 e. The molecule has 2 heterocycles. The van der Waals surface area contributed by atoms with Crippen LogP contribution in [-0.2, 0) is 6.42 Å². The van der Waals surface area contributed by atoms with Crippen LogP contribution in [-0.4, -0.2) is 22.0 Å². The molecule has 0 fully saturated rings. The Morgan fingerprint density at radius 1 is 1.37 bits per heavy atom. The number of thiophene rings is 1. The van der Waals surface area contributed by atoms with Crippen LogP contribution in [0.15, 0.2) is 29.8 Å². The fraction of sp³-hybridized carbons (Fsp3) is 0.154. The van der Waals surface area contributed by atoms with Crippen LogP contribution in [0, 0.1) is 0 Å². The van der Waals surface area contributed by atoms with Gasteiger partial charge in [-0.15, -0.1) is 11.3 Å². The molecule has 0 radical (unpaired) electrons. The van der Waals surface area contributed by atoms with Gasteiger partial charge in [-0.2, -0.15) is 0 Å². The summed E-state index contributed by atoms with van der Waals surface area (Å²) in [6.45, 7) is 1.99. The molecular formula is C13H12N2O3S. The number of pyridine rings is 1. The number of carbonyl (C=O) groups excluding carboxylic acids is 1. The van der Waals surface area contributed by atoms with Crippen LogP contribution in [0.2, 0.25) is 0 Å². The van der Waals surface area contributed by atoms with E-state index in [0.29, 0.717) is 10.6 Å². The molecule has 19 heavy (non-hydrogen) atoms. The number of carboxylic acid groups (broad SMARTS) is 1. The van der Waals surface area contributed by atoms with Gasteiger partial charge in [0.1, 0.15) is 5.69 Å². The normalized spacial score (nSPS) is 10.2. The van der Waals surface area contributed by atoms with E-state index in [9.17, 15) is 9.59 Å². The highest BCUT2D eigenvalue weighted by Gasteiger charge is 2.12. The van der Waals surface area contributed by atoms with E-state index in [1.807, 2.05) is 18.4 Å². The number of hydrogen-bond acceptors (Lipinski definition) is 4. The minimum absolute atomic E-state index is 0.0524. The molecule has 2 aromatic heterocycles. The minimum atomic E-state index is -1.09. The van der Waals surface area contributed by atoms with E-state index in [0.717, 1.165) is 12.0 Å². The zero-order valence-corrected chi connectivity index (χ0v) is 11.0. The molecule has 6 heteroatoms. The average Bonchev–Trinajstić information content (AvgIpc) is 2.87. The number of hydrogen-bond donors (Lipinski definition) is 2. The van der Waals surface area contributed by atoms with Crippen LogP contribution in [0.3, 0.4) is 0 Å². The van der Waals surface area contributed by atoms with Gasteiger partial charge in [-0.3, -0.25) is 4.79 Å². The van der Waals surface area contributed by atoms with Gasteiger partial charge in [0.25, 0.3) is 5.91 Å². The Kier molecular flexibility index (Phi) is 3.91. The maximum atomic E-state index is 12.0. The topological polar surface area (TPSA) is 79.3 Å². The van der Waals surface area contributed by atoms with Crippen molar-refractivity contribution in [2.75, 3.05) is 5.32 Å². The third-order valence-electron chi connectivity index (χ3n) is 2.57. The van der Waals surface area contributed by atoms with Gasteiger partial charge in [0, 0.05) is 0 Å². The summed E-state index contributed by atoms with van der Waals surface area (Å²) in [5.41, 5.74) is 1.42. The number of carboxylic acids is 1. The highest BCUT2D eigenvalue weighted by Crippen LogP contribution is 2.19. The van der Waals surface area contributed by atoms with Gasteiger partial charge in [-0.05, 0) is 35.6 Å². The summed E-state index contributed by atoms with van der Waals surface area (Å²) >= 11 is 1.38. The number of amides is 1. The van der Waals surface area contributed by atoms with Crippen molar-refractivity contribution in [1.82, 2.24) is 4.98 Å². The first kappa shape index (κ1) is 13.2. The van der Waals surface area contributed by atoms with Crippen LogP contribution < -0.4 is 5.32 Å². The molecule has 2 N–H and O–H groups in total. The highest BCUT2D eigenvalue weighted by molar-refractivity contribution is 7.12. The second-order valence-corrected chi connectivity index (χ2v) is 4.74. The summed E-state index contributed by atoms with van der Waals surface area (Å²) in [6, 6.07) is 4.80. The standard InChI is InChI=1S/C13H12N2O3S/c1-2-8-5-6-19-11(8)12(16)15-9-3-4-10(13(17)18)14-7-9/h3-7H,2H2,1H3,(H,15,16)(H,17,18). The van der Waals surface area contributed by atoms with Crippen LogP contribution >= 0.6 is 11.3 Å². The lowest BCUT2D eigenvalue weighted by molar-refractivity contribution is 0.0690. The summed E-state index contributed by atoms with van der Waals surface area (Å²) in [6.07, 6.45) is 2.13. The highest BCUT2D eigenvalue weighted by atomic mass is 32.1. The number of carbonyl (C=O) groups is 2.